The van der Waals surface area contributed by atoms with Gasteiger partial charge >= 0.3 is 6.03 Å². The van der Waals surface area contributed by atoms with E-state index >= 15 is 0 Å². The van der Waals surface area contributed by atoms with Crippen molar-refractivity contribution in [1.29, 1.82) is 0 Å². The van der Waals surface area contributed by atoms with Gasteiger partial charge in [0.15, 0.2) is 0 Å². The van der Waals surface area contributed by atoms with E-state index in [0.29, 0.717) is 5.02 Å². The number of hydrogen-bond donors (Lipinski definition) is 2. The monoisotopic (exact) mass is 289 g/mol. The molecule has 0 atom stereocenters. The maximum Gasteiger partial charge on any atom is 0.321 e. The SMILES string of the molecule is Cc1ccc(NC(=O)N2CCNCC2)cc1Cl.Cl. The minimum absolute atomic E-state index is 0. The Hall–Kier alpha value is -0.970. The quantitative estimate of drug-likeness (QED) is 0.834. The highest BCUT2D eigenvalue weighted by atomic mass is 35.5. The van der Waals surface area contributed by atoms with Gasteiger partial charge in [0.25, 0.3) is 0 Å². The fraction of sp³-hybridized carbons (Fsp3) is 0.417. The Labute approximate surface area is 118 Å². The summed E-state index contributed by atoms with van der Waals surface area (Å²) >= 11 is 6.01. The number of rotatable bonds is 1. The van der Waals surface area contributed by atoms with Crippen LogP contribution in [-0.2, 0) is 0 Å². The Bertz CT molecular complexity index is 420. The minimum atomic E-state index is -0.0635. The third-order valence-electron chi connectivity index (χ3n) is 2.83. The van der Waals surface area contributed by atoms with Crippen LogP contribution in [0.4, 0.5) is 10.5 Å². The Balaban J connectivity index is 0.00000162. The molecule has 4 nitrogen and oxygen atoms in total. The van der Waals surface area contributed by atoms with Crippen molar-refractivity contribution in [3.63, 3.8) is 0 Å². The number of carbonyl (C=O) groups is 1. The molecule has 1 saturated heterocycles. The van der Waals surface area contributed by atoms with Crippen molar-refractivity contribution in [2.45, 2.75) is 6.92 Å². The average molecular weight is 290 g/mol. The van der Waals surface area contributed by atoms with Crippen LogP contribution in [0.25, 0.3) is 0 Å². The van der Waals surface area contributed by atoms with Gasteiger partial charge in [-0.25, -0.2) is 4.79 Å². The molecule has 2 rings (SSSR count). The Morgan fingerprint density at radius 3 is 2.67 bits per heavy atom. The van der Waals surface area contributed by atoms with E-state index in [4.69, 9.17) is 11.6 Å². The van der Waals surface area contributed by atoms with Gasteiger partial charge in [0.1, 0.15) is 0 Å². The molecule has 2 N–H and O–H groups in total. The highest BCUT2D eigenvalue weighted by molar-refractivity contribution is 6.31. The smallest absolute Gasteiger partial charge is 0.321 e. The maximum atomic E-state index is 11.9. The number of nitrogens with zero attached hydrogens (tertiary/aromatic N) is 1. The van der Waals surface area contributed by atoms with E-state index in [1.807, 2.05) is 19.1 Å². The van der Waals surface area contributed by atoms with Gasteiger partial charge in [0.05, 0.1) is 0 Å². The number of hydrogen-bond acceptors (Lipinski definition) is 2. The molecule has 0 aromatic heterocycles. The summed E-state index contributed by atoms with van der Waals surface area (Å²) in [5.74, 6) is 0. The molecule has 2 amide bonds. The molecule has 100 valence electrons. The molecule has 18 heavy (non-hydrogen) atoms. The first-order chi connectivity index (χ1) is 8.16. The molecule has 1 heterocycles. The van der Waals surface area contributed by atoms with Crippen molar-refractivity contribution < 1.29 is 4.79 Å². The van der Waals surface area contributed by atoms with Crippen LogP contribution in [0.5, 0.6) is 0 Å². The lowest BCUT2D eigenvalue weighted by Gasteiger charge is -2.27. The Kier molecular flexibility index (Phi) is 5.72. The lowest BCUT2D eigenvalue weighted by molar-refractivity contribution is 0.204. The first kappa shape index (κ1) is 15.1. The summed E-state index contributed by atoms with van der Waals surface area (Å²) in [5.41, 5.74) is 1.75. The van der Waals surface area contributed by atoms with Crippen LogP contribution in [0.2, 0.25) is 5.02 Å². The summed E-state index contributed by atoms with van der Waals surface area (Å²) in [7, 11) is 0. The molecule has 1 aliphatic heterocycles. The normalized spacial score (nSPS) is 14.9. The van der Waals surface area contributed by atoms with E-state index in [1.165, 1.54) is 0 Å². The molecular formula is C12H17Cl2N3O. The van der Waals surface area contributed by atoms with E-state index in [1.54, 1.807) is 11.0 Å². The van der Waals surface area contributed by atoms with Crippen LogP contribution in [-0.4, -0.2) is 37.1 Å². The molecule has 0 spiro atoms. The van der Waals surface area contributed by atoms with Gasteiger partial charge in [0.2, 0.25) is 0 Å². The minimum Gasteiger partial charge on any atom is -0.322 e. The van der Waals surface area contributed by atoms with Gasteiger partial charge in [-0.15, -0.1) is 12.4 Å². The Morgan fingerprint density at radius 1 is 1.39 bits per heavy atom. The third-order valence-corrected chi connectivity index (χ3v) is 3.23. The van der Waals surface area contributed by atoms with Crippen LogP contribution in [0.1, 0.15) is 5.56 Å². The summed E-state index contributed by atoms with van der Waals surface area (Å²) in [4.78, 5) is 13.7. The number of anilines is 1. The summed E-state index contributed by atoms with van der Waals surface area (Å²) < 4.78 is 0. The summed E-state index contributed by atoms with van der Waals surface area (Å²) in [6, 6.07) is 5.47. The molecule has 0 unspecified atom stereocenters. The molecule has 1 aromatic carbocycles. The number of benzene rings is 1. The lowest BCUT2D eigenvalue weighted by atomic mass is 10.2. The zero-order chi connectivity index (χ0) is 12.3. The first-order valence-electron chi connectivity index (χ1n) is 5.69. The number of urea groups is 1. The third kappa shape index (κ3) is 3.77. The van der Waals surface area contributed by atoms with Gasteiger partial charge in [-0.3, -0.25) is 0 Å². The highest BCUT2D eigenvalue weighted by Crippen LogP contribution is 2.20. The van der Waals surface area contributed by atoms with Gasteiger partial charge < -0.3 is 15.5 Å². The first-order valence-corrected chi connectivity index (χ1v) is 6.07. The maximum absolute atomic E-state index is 11.9. The molecule has 1 fully saturated rings. The molecule has 0 radical (unpaired) electrons. The fourth-order valence-electron chi connectivity index (χ4n) is 1.74. The van der Waals surface area contributed by atoms with E-state index < -0.39 is 0 Å². The highest BCUT2D eigenvalue weighted by Gasteiger charge is 2.15. The zero-order valence-electron chi connectivity index (χ0n) is 10.2. The van der Waals surface area contributed by atoms with Crippen molar-refractivity contribution >= 4 is 35.7 Å². The van der Waals surface area contributed by atoms with Gasteiger partial charge in [-0.05, 0) is 24.6 Å². The van der Waals surface area contributed by atoms with Gasteiger partial charge in [0, 0.05) is 36.9 Å². The molecule has 1 aliphatic rings. The molecule has 6 heteroatoms. The second-order valence-corrected chi connectivity index (χ2v) is 4.54. The number of nitrogens with one attached hydrogen (secondary N) is 2. The zero-order valence-corrected chi connectivity index (χ0v) is 11.8. The summed E-state index contributed by atoms with van der Waals surface area (Å²) in [6.07, 6.45) is 0. The second-order valence-electron chi connectivity index (χ2n) is 4.13. The number of halogens is 2. The standard InChI is InChI=1S/C12H16ClN3O.ClH/c1-9-2-3-10(8-11(9)13)15-12(17)16-6-4-14-5-7-16;/h2-3,8,14H,4-7H2,1H3,(H,15,17);1H. The van der Waals surface area contributed by atoms with E-state index in [0.717, 1.165) is 37.4 Å². The van der Waals surface area contributed by atoms with Crippen molar-refractivity contribution in [1.82, 2.24) is 10.2 Å². The summed E-state index contributed by atoms with van der Waals surface area (Å²) in [5, 5.41) is 6.73. The molecule has 0 bridgehead atoms. The Morgan fingerprint density at radius 2 is 2.06 bits per heavy atom. The molecular weight excluding hydrogens is 273 g/mol. The number of carbonyl (C=O) groups excluding carboxylic acids is 1. The largest absolute Gasteiger partial charge is 0.322 e. The van der Waals surface area contributed by atoms with Crippen LogP contribution < -0.4 is 10.6 Å². The summed E-state index contributed by atoms with van der Waals surface area (Å²) in [6.45, 7) is 5.12. The lowest BCUT2D eigenvalue weighted by Crippen LogP contribution is -2.48. The van der Waals surface area contributed by atoms with Crippen molar-refractivity contribution in [2.24, 2.45) is 0 Å². The van der Waals surface area contributed by atoms with Gasteiger partial charge in [-0.2, -0.15) is 0 Å². The van der Waals surface area contributed by atoms with Crippen molar-refractivity contribution in [2.75, 3.05) is 31.5 Å². The van der Waals surface area contributed by atoms with Crippen LogP contribution >= 0.6 is 24.0 Å². The predicted octanol–water partition coefficient (Wildman–Crippen LogP) is 2.51. The number of amides is 2. The fourth-order valence-corrected chi connectivity index (χ4v) is 1.92. The molecule has 1 aromatic rings. The van der Waals surface area contributed by atoms with Crippen molar-refractivity contribution in [3.05, 3.63) is 28.8 Å². The van der Waals surface area contributed by atoms with Crippen LogP contribution in [0.15, 0.2) is 18.2 Å². The predicted molar refractivity (Wildman–Crippen MR) is 76.9 cm³/mol. The van der Waals surface area contributed by atoms with E-state index in [-0.39, 0.29) is 18.4 Å². The number of aryl methyl sites for hydroxylation is 1. The topological polar surface area (TPSA) is 44.4 Å². The number of piperazine rings is 1. The van der Waals surface area contributed by atoms with Crippen LogP contribution in [0.3, 0.4) is 0 Å². The van der Waals surface area contributed by atoms with Crippen molar-refractivity contribution in [3.8, 4) is 0 Å². The van der Waals surface area contributed by atoms with Gasteiger partial charge in [-0.1, -0.05) is 17.7 Å². The van der Waals surface area contributed by atoms with Crippen LogP contribution in [0, 0.1) is 6.92 Å². The van der Waals surface area contributed by atoms with E-state index in [9.17, 15) is 4.79 Å². The van der Waals surface area contributed by atoms with E-state index in [2.05, 4.69) is 10.6 Å². The average Bonchev–Trinajstić information content (AvgIpc) is 2.35. The second kappa shape index (κ2) is 6.83. The molecule has 0 aliphatic carbocycles. The molecule has 0 saturated carbocycles.